The maximum atomic E-state index is 13.2. The van der Waals surface area contributed by atoms with Gasteiger partial charge in [-0.05, 0) is 31.2 Å². The molecule has 32 heavy (non-hydrogen) atoms. The fourth-order valence-corrected chi connectivity index (χ4v) is 5.15. The van der Waals surface area contributed by atoms with Gasteiger partial charge < -0.3 is 14.7 Å². The minimum absolute atomic E-state index is 0.0410. The SMILES string of the molecule is O=C(CN1CCCCCCC1=O)N1CCN([C@H]2CCCN(Cc3ccccc3)C2=O)CC1. The Morgan fingerprint density at radius 2 is 1.53 bits per heavy atom. The third-order valence-corrected chi connectivity index (χ3v) is 7.07. The van der Waals surface area contributed by atoms with Crippen LogP contribution in [-0.4, -0.2) is 89.2 Å². The van der Waals surface area contributed by atoms with Crippen LogP contribution in [0.1, 0.15) is 50.5 Å². The maximum Gasteiger partial charge on any atom is 0.242 e. The molecule has 3 amide bonds. The fraction of sp³-hybridized carbons (Fsp3) is 0.640. The summed E-state index contributed by atoms with van der Waals surface area (Å²) in [5.41, 5.74) is 1.16. The lowest BCUT2D eigenvalue weighted by atomic mass is 10.0. The van der Waals surface area contributed by atoms with Gasteiger partial charge in [-0.1, -0.05) is 43.2 Å². The first-order chi connectivity index (χ1) is 15.6. The lowest BCUT2D eigenvalue weighted by molar-refractivity contribution is -0.145. The monoisotopic (exact) mass is 440 g/mol. The summed E-state index contributed by atoms with van der Waals surface area (Å²) in [7, 11) is 0. The van der Waals surface area contributed by atoms with Crippen molar-refractivity contribution in [3.05, 3.63) is 35.9 Å². The van der Waals surface area contributed by atoms with Crippen LogP contribution < -0.4 is 0 Å². The number of nitrogens with zero attached hydrogens (tertiary/aromatic N) is 4. The van der Waals surface area contributed by atoms with E-state index in [1.807, 2.05) is 28.0 Å². The smallest absolute Gasteiger partial charge is 0.242 e. The molecule has 3 fully saturated rings. The molecule has 1 aromatic carbocycles. The molecule has 7 heteroatoms. The molecule has 1 atom stereocenters. The Hall–Kier alpha value is -2.41. The van der Waals surface area contributed by atoms with Gasteiger partial charge in [-0.3, -0.25) is 19.3 Å². The Labute approximate surface area is 191 Å². The highest BCUT2D eigenvalue weighted by molar-refractivity contribution is 5.85. The van der Waals surface area contributed by atoms with Crippen LogP contribution in [0.4, 0.5) is 0 Å². The summed E-state index contributed by atoms with van der Waals surface area (Å²) in [6, 6.07) is 10.1. The second-order valence-electron chi connectivity index (χ2n) is 9.30. The zero-order valence-electron chi connectivity index (χ0n) is 19.1. The summed E-state index contributed by atoms with van der Waals surface area (Å²) in [5.74, 6) is 0.369. The van der Waals surface area contributed by atoms with Crippen LogP contribution in [-0.2, 0) is 20.9 Å². The summed E-state index contributed by atoms with van der Waals surface area (Å²) in [6.45, 7) is 5.06. The molecule has 7 nitrogen and oxygen atoms in total. The molecule has 3 heterocycles. The maximum absolute atomic E-state index is 13.2. The molecule has 0 aliphatic carbocycles. The standard InChI is InChI=1S/C25H36N4O3/c30-23-12-6-1-2-7-13-28(23)20-24(31)27-17-15-26(16-18-27)22-11-8-14-29(25(22)32)19-21-9-4-3-5-10-21/h3-5,9-10,22H,1-2,6-8,11-20H2/t22-/m0/s1. The highest BCUT2D eigenvalue weighted by atomic mass is 16.2. The topological polar surface area (TPSA) is 64.2 Å². The van der Waals surface area contributed by atoms with Crippen molar-refractivity contribution in [2.45, 2.75) is 57.5 Å². The Bertz CT molecular complexity index is 792. The van der Waals surface area contributed by atoms with Crippen molar-refractivity contribution in [1.82, 2.24) is 19.6 Å². The number of rotatable bonds is 5. The van der Waals surface area contributed by atoms with Gasteiger partial charge in [0, 0.05) is 52.2 Å². The third kappa shape index (κ3) is 5.68. The number of hydrogen-bond donors (Lipinski definition) is 0. The Balaban J connectivity index is 1.27. The Morgan fingerprint density at radius 1 is 0.812 bits per heavy atom. The van der Waals surface area contributed by atoms with Crippen molar-refractivity contribution < 1.29 is 14.4 Å². The van der Waals surface area contributed by atoms with Gasteiger partial charge in [0.05, 0.1) is 12.6 Å². The number of hydrogen-bond acceptors (Lipinski definition) is 4. The lowest BCUT2D eigenvalue weighted by Gasteiger charge is -2.42. The first kappa shape index (κ1) is 22.8. The molecular formula is C25H36N4O3. The van der Waals surface area contributed by atoms with Crippen LogP contribution in [0.25, 0.3) is 0 Å². The predicted octanol–water partition coefficient (Wildman–Crippen LogP) is 2.11. The number of carbonyl (C=O) groups is 3. The van der Waals surface area contributed by atoms with Crippen LogP contribution in [0.15, 0.2) is 30.3 Å². The van der Waals surface area contributed by atoms with Crippen LogP contribution in [0.5, 0.6) is 0 Å². The Morgan fingerprint density at radius 3 is 2.31 bits per heavy atom. The highest BCUT2D eigenvalue weighted by Gasteiger charge is 2.35. The van der Waals surface area contributed by atoms with Gasteiger partial charge in [-0.2, -0.15) is 0 Å². The van der Waals surface area contributed by atoms with Crippen molar-refractivity contribution in [2.75, 3.05) is 45.8 Å². The minimum Gasteiger partial charge on any atom is -0.339 e. The average molecular weight is 441 g/mol. The van der Waals surface area contributed by atoms with Gasteiger partial charge in [-0.25, -0.2) is 0 Å². The van der Waals surface area contributed by atoms with Crippen LogP contribution in [0, 0.1) is 0 Å². The van der Waals surface area contributed by atoms with Crippen molar-refractivity contribution in [3.8, 4) is 0 Å². The second-order valence-corrected chi connectivity index (χ2v) is 9.30. The predicted molar refractivity (Wildman–Crippen MR) is 123 cm³/mol. The molecule has 3 saturated heterocycles. The molecule has 0 N–H and O–H groups in total. The molecule has 174 valence electrons. The van der Waals surface area contributed by atoms with E-state index in [1.165, 1.54) is 0 Å². The molecule has 4 rings (SSSR count). The van der Waals surface area contributed by atoms with E-state index >= 15 is 0 Å². The first-order valence-corrected chi connectivity index (χ1v) is 12.2. The Kier molecular flexibility index (Phi) is 7.79. The van der Waals surface area contributed by atoms with Crippen LogP contribution in [0.2, 0.25) is 0 Å². The van der Waals surface area contributed by atoms with E-state index in [9.17, 15) is 14.4 Å². The third-order valence-electron chi connectivity index (χ3n) is 7.07. The number of piperazine rings is 1. The summed E-state index contributed by atoms with van der Waals surface area (Å²) >= 11 is 0. The first-order valence-electron chi connectivity index (χ1n) is 12.2. The van der Waals surface area contributed by atoms with E-state index in [-0.39, 0.29) is 30.3 Å². The summed E-state index contributed by atoms with van der Waals surface area (Å²) in [6.07, 6.45) is 6.62. The summed E-state index contributed by atoms with van der Waals surface area (Å²) in [4.78, 5) is 46.2. The average Bonchev–Trinajstić information content (AvgIpc) is 2.81. The molecular weight excluding hydrogens is 404 g/mol. The normalized spacial score (nSPS) is 23.8. The van der Waals surface area contributed by atoms with Crippen molar-refractivity contribution in [3.63, 3.8) is 0 Å². The molecule has 1 aromatic rings. The van der Waals surface area contributed by atoms with Gasteiger partial charge in [0.15, 0.2) is 0 Å². The van der Waals surface area contributed by atoms with Gasteiger partial charge in [0.2, 0.25) is 17.7 Å². The second kappa shape index (κ2) is 10.9. The molecule has 0 spiro atoms. The van der Waals surface area contributed by atoms with Gasteiger partial charge >= 0.3 is 0 Å². The van der Waals surface area contributed by atoms with Gasteiger partial charge in [-0.15, -0.1) is 0 Å². The van der Waals surface area contributed by atoms with E-state index in [0.29, 0.717) is 32.6 Å². The highest BCUT2D eigenvalue weighted by Crippen LogP contribution is 2.21. The van der Waals surface area contributed by atoms with Crippen molar-refractivity contribution >= 4 is 17.7 Å². The number of piperidine rings is 1. The molecule has 3 aliphatic heterocycles. The van der Waals surface area contributed by atoms with Gasteiger partial charge in [0.1, 0.15) is 0 Å². The molecule has 3 aliphatic rings. The lowest BCUT2D eigenvalue weighted by Crippen LogP contribution is -2.59. The van der Waals surface area contributed by atoms with E-state index in [4.69, 9.17) is 0 Å². The van der Waals surface area contributed by atoms with Crippen molar-refractivity contribution in [2.24, 2.45) is 0 Å². The zero-order valence-corrected chi connectivity index (χ0v) is 19.1. The summed E-state index contributed by atoms with van der Waals surface area (Å²) < 4.78 is 0. The quantitative estimate of drug-likeness (QED) is 0.704. The molecule has 0 aromatic heterocycles. The number of benzene rings is 1. The van der Waals surface area contributed by atoms with E-state index < -0.39 is 0 Å². The molecule has 0 saturated carbocycles. The van der Waals surface area contributed by atoms with E-state index in [0.717, 1.165) is 63.7 Å². The zero-order chi connectivity index (χ0) is 22.3. The van der Waals surface area contributed by atoms with Gasteiger partial charge in [0.25, 0.3) is 0 Å². The number of amides is 3. The van der Waals surface area contributed by atoms with E-state index in [2.05, 4.69) is 17.0 Å². The fourth-order valence-electron chi connectivity index (χ4n) is 5.15. The largest absolute Gasteiger partial charge is 0.339 e. The number of carbonyl (C=O) groups excluding carboxylic acids is 3. The van der Waals surface area contributed by atoms with Crippen molar-refractivity contribution in [1.29, 1.82) is 0 Å². The van der Waals surface area contributed by atoms with Crippen LogP contribution in [0.3, 0.4) is 0 Å². The molecule has 0 radical (unpaired) electrons. The number of likely N-dealkylation sites (tertiary alicyclic amines) is 2. The van der Waals surface area contributed by atoms with E-state index in [1.54, 1.807) is 4.90 Å². The minimum atomic E-state index is -0.0827. The van der Waals surface area contributed by atoms with Crippen LogP contribution >= 0.6 is 0 Å². The molecule has 0 unspecified atom stereocenters. The summed E-state index contributed by atoms with van der Waals surface area (Å²) in [5, 5.41) is 0. The molecule has 0 bridgehead atoms.